The number of carbonyl (C=O) groups is 2. The standard InChI is InChI=1S/C10H11NO3/c1-6-3-7(5-12)9(10(11)13)8(4-6)14-2/h3-5H,1-2H3,(H2,11,13). The summed E-state index contributed by atoms with van der Waals surface area (Å²) in [7, 11) is 1.43. The second-order valence-electron chi connectivity index (χ2n) is 2.91. The molecular formula is C10H11NO3. The molecule has 1 amide bonds. The van der Waals surface area contributed by atoms with Crippen LogP contribution in [0.25, 0.3) is 0 Å². The number of primary amides is 1. The van der Waals surface area contributed by atoms with Crippen LogP contribution in [0.3, 0.4) is 0 Å². The predicted octanol–water partition coefficient (Wildman–Crippen LogP) is 0.915. The summed E-state index contributed by atoms with van der Waals surface area (Å²) in [6, 6.07) is 3.25. The number of hydrogen-bond donors (Lipinski definition) is 1. The van der Waals surface area contributed by atoms with Gasteiger partial charge in [-0.15, -0.1) is 0 Å². The minimum atomic E-state index is -0.663. The lowest BCUT2D eigenvalue weighted by Crippen LogP contribution is -2.15. The third-order valence-corrected chi connectivity index (χ3v) is 1.87. The van der Waals surface area contributed by atoms with E-state index in [4.69, 9.17) is 10.5 Å². The first-order valence-electron chi connectivity index (χ1n) is 4.03. The zero-order valence-electron chi connectivity index (χ0n) is 8.03. The lowest BCUT2D eigenvalue weighted by Gasteiger charge is -2.08. The van der Waals surface area contributed by atoms with E-state index in [2.05, 4.69) is 0 Å². The van der Waals surface area contributed by atoms with Gasteiger partial charge in [-0.2, -0.15) is 0 Å². The van der Waals surface area contributed by atoms with Crippen molar-refractivity contribution in [3.05, 3.63) is 28.8 Å². The molecule has 4 heteroatoms. The maximum atomic E-state index is 11.1. The van der Waals surface area contributed by atoms with Gasteiger partial charge in [-0.05, 0) is 24.6 Å². The molecule has 0 radical (unpaired) electrons. The molecule has 0 unspecified atom stereocenters. The van der Waals surface area contributed by atoms with Crippen molar-refractivity contribution in [2.24, 2.45) is 5.73 Å². The molecule has 0 atom stereocenters. The maximum Gasteiger partial charge on any atom is 0.253 e. The second kappa shape index (κ2) is 3.91. The molecule has 0 spiro atoms. The summed E-state index contributed by atoms with van der Waals surface area (Å²) in [4.78, 5) is 21.7. The SMILES string of the molecule is COc1cc(C)cc(C=O)c1C(N)=O. The topological polar surface area (TPSA) is 69.4 Å². The van der Waals surface area contributed by atoms with Gasteiger partial charge in [-0.3, -0.25) is 9.59 Å². The van der Waals surface area contributed by atoms with E-state index < -0.39 is 5.91 Å². The lowest BCUT2D eigenvalue weighted by atomic mass is 10.0. The van der Waals surface area contributed by atoms with E-state index in [0.29, 0.717) is 12.0 Å². The summed E-state index contributed by atoms with van der Waals surface area (Å²) in [6.07, 6.45) is 0.593. The summed E-state index contributed by atoms with van der Waals surface area (Å²) >= 11 is 0. The predicted molar refractivity (Wildman–Crippen MR) is 51.6 cm³/mol. The van der Waals surface area contributed by atoms with Crippen LogP contribution in [0, 0.1) is 6.92 Å². The van der Waals surface area contributed by atoms with Crippen LogP contribution in [-0.2, 0) is 0 Å². The van der Waals surface area contributed by atoms with E-state index in [0.717, 1.165) is 5.56 Å². The van der Waals surface area contributed by atoms with E-state index in [1.807, 2.05) is 0 Å². The van der Waals surface area contributed by atoms with Gasteiger partial charge in [0.25, 0.3) is 5.91 Å². The summed E-state index contributed by atoms with van der Waals surface area (Å²) in [5.41, 5.74) is 6.37. The second-order valence-corrected chi connectivity index (χ2v) is 2.91. The average molecular weight is 193 g/mol. The van der Waals surface area contributed by atoms with Gasteiger partial charge in [-0.1, -0.05) is 0 Å². The summed E-state index contributed by atoms with van der Waals surface area (Å²) in [5, 5.41) is 0. The van der Waals surface area contributed by atoms with E-state index >= 15 is 0 Å². The van der Waals surface area contributed by atoms with Crippen LogP contribution in [0.2, 0.25) is 0 Å². The molecule has 1 rings (SSSR count). The Labute approximate surface area is 81.7 Å². The van der Waals surface area contributed by atoms with E-state index in [-0.39, 0.29) is 11.1 Å². The fourth-order valence-electron chi connectivity index (χ4n) is 1.30. The minimum Gasteiger partial charge on any atom is -0.496 e. The number of aryl methyl sites for hydroxylation is 1. The molecule has 14 heavy (non-hydrogen) atoms. The Morgan fingerprint density at radius 3 is 2.57 bits per heavy atom. The van der Waals surface area contributed by atoms with Crippen LogP contribution in [0.4, 0.5) is 0 Å². The van der Waals surface area contributed by atoms with Crippen LogP contribution < -0.4 is 10.5 Å². The fraction of sp³-hybridized carbons (Fsp3) is 0.200. The molecule has 0 aliphatic heterocycles. The van der Waals surface area contributed by atoms with Crippen LogP contribution in [0.1, 0.15) is 26.3 Å². The molecule has 0 heterocycles. The molecule has 4 nitrogen and oxygen atoms in total. The van der Waals surface area contributed by atoms with E-state index in [1.54, 1.807) is 19.1 Å². The molecule has 0 aliphatic carbocycles. The Bertz CT molecular complexity index is 385. The molecule has 0 bridgehead atoms. The number of ether oxygens (including phenoxy) is 1. The monoisotopic (exact) mass is 193 g/mol. The molecule has 2 N–H and O–H groups in total. The normalized spacial score (nSPS) is 9.57. The minimum absolute atomic E-state index is 0.133. The smallest absolute Gasteiger partial charge is 0.253 e. The molecule has 0 fully saturated rings. The maximum absolute atomic E-state index is 11.1. The molecule has 1 aromatic carbocycles. The highest BCUT2D eigenvalue weighted by atomic mass is 16.5. The van der Waals surface area contributed by atoms with Gasteiger partial charge in [-0.25, -0.2) is 0 Å². The Hall–Kier alpha value is -1.84. The third-order valence-electron chi connectivity index (χ3n) is 1.87. The van der Waals surface area contributed by atoms with Crippen molar-refractivity contribution in [3.63, 3.8) is 0 Å². The number of rotatable bonds is 3. The Balaban J connectivity index is 3.48. The van der Waals surface area contributed by atoms with Crippen LogP contribution in [0.5, 0.6) is 5.75 Å². The Kier molecular flexibility index (Phi) is 2.86. The first kappa shape index (κ1) is 10.2. The fourth-order valence-corrected chi connectivity index (χ4v) is 1.30. The van der Waals surface area contributed by atoms with Crippen molar-refractivity contribution >= 4 is 12.2 Å². The first-order chi connectivity index (χ1) is 6.60. The van der Waals surface area contributed by atoms with Crippen molar-refractivity contribution in [1.82, 2.24) is 0 Å². The van der Waals surface area contributed by atoms with E-state index in [1.165, 1.54) is 7.11 Å². The highest BCUT2D eigenvalue weighted by Crippen LogP contribution is 2.22. The molecule has 0 aliphatic rings. The number of benzene rings is 1. The number of amides is 1. The molecular weight excluding hydrogens is 182 g/mol. The van der Waals surface area contributed by atoms with Gasteiger partial charge in [0.15, 0.2) is 6.29 Å². The number of aldehydes is 1. The van der Waals surface area contributed by atoms with Crippen LogP contribution >= 0.6 is 0 Å². The highest BCUT2D eigenvalue weighted by Gasteiger charge is 2.14. The van der Waals surface area contributed by atoms with Gasteiger partial charge in [0.2, 0.25) is 0 Å². The van der Waals surface area contributed by atoms with Crippen molar-refractivity contribution in [1.29, 1.82) is 0 Å². The van der Waals surface area contributed by atoms with Gasteiger partial charge in [0.05, 0.1) is 12.7 Å². The number of hydrogen-bond acceptors (Lipinski definition) is 3. The number of carbonyl (C=O) groups excluding carboxylic acids is 2. The van der Waals surface area contributed by atoms with Crippen molar-refractivity contribution < 1.29 is 14.3 Å². The molecule has 74 valence electrons. The first-order valence-corrected chi connectivity index (χ1v) is 4.03. The molecule has 0 saturated heterocycles. The van der Waals surface area contributed by atoms with Gasteiger partial charge in [0, 0.05) is 5.56 Å². The highest BCUT2D eigenvalue weighted by molar-refractivity contribution is 6.03. The summed E-state index contributed by atoms with van der Waals surface area (Å²) < 4.78 is 4.97. The zero-order chi connectivity index (χ0) is 10.7. The quantitative estimate of drug-likeness (QED) is 0.725. The van der Waals surface area contributed by atoms with Crippen LogP contribution in [0.15, 0.2) is 12.1 Å². The van der Waals surface area contributed by atoms with Gasteiger partial charge in [0.1, 0.15) is 5.75 Å². The van der Waals surface area contributed by atoms with Crippen LogP contribution in [-0.4, -0.2) is 19.3 Å². The molecule has 0 saturated carbocycles. The molecule has 0 aromatic heterocycles. The van der Waals surface area contributed by atoms with Crippen molar-refractivity contribution in [3.8, 4) is 5.75 Å². The van der Waals surface area contributed by atoms with Crippen molar-refractivity contribution in [2.45, 2.75) is 6.92 Å². The molecule has 1 aromatic rings. The van der Waals surface area contributed by atoms with Gasteiger partial charge >= 0.3 is 0 Å². The zero-order valence-corrected chi connectivity index (χ0v) is 8.03. The average Bonchev–Trinajstić information content (AvgIpc) is 2.15. The van der Waals surface area contributed by atoms with E-state index in [9.17, 15) is 9.59 Å². The lowest BCUT2D eigenvalue weighted by molar-refractivity contribution is 0.0990. The van der Waals surface area contributed by atoms with Gasteiger partial charge < -0.3 is 10.5 Å². The summed E-state index contributed by atoms with van der Waals surface area (Å²) in [5.74, 6) is -0.330. The summed E-state index contributed by atoms with van der Waals surface area (Å²) in [6.45, 7) is 1.81. The van der Waals surface area contributed by atoms with Crippen molar-refractivity contribution in [2.75, 3.05) is 7.11 Å². The third kappa shape index (κ3) is 1.74. The number of methoxy groups -OCH3 is 1. The Morgan fingerprint density at radius 2 is 2.14 bits per heavy atom. The largest absolute Gasteiger partial charge is 0.496 e. The number of nitrogens with two attached hydrogens (primary N) is 1. The Morgan fingerprint density at radius 1 is 1.50 bits per heavy atom.